The molecule has 5 heterocycles. The van der Waals surface area contributed by atoms with Crippen LogP contribution < -0.4 is 22.7 Å². The van der Waals surface area contributed by atoms with Gasteiger partial charge in [0.15, 0.2) is 11.2 Å². The number of rotatable bonds is 7. The first-order valence-corrected chi connectivity index (χ1v) is 12.9. The number of nitrogens with one attached hydrogen (secondary N) is 1. The summed E-state index contributed by atoms with van der Waals surface area (Å²) in [6.45, 7) is -0.802. The number of nitrogens with zero attached hydrogens (tertiary/aromatic N) is 5. The number of ether oxygens (including phenoxy) is 2. The average Bonchev–Trinajstić information content (AvgIpc) is 3.49. The largest absolute Gasteiger partial charge is 0.469 e. The first kappa shape index (κ1) is 26.4. The molecular formula is C19H25N8O10P. The first-order chi connectivity index (χ1) is 17.9. The highest BCUT2D eigenvalue weighted by Gasteiger charge is 2.55. The summed E-state index contributed by atoms with van der Waals surface area (Å²) in [5.74, 6) is -0.187. The Hall–Kier alpha value is -3.22. The Balaban J connectivity index is 1.43. The van der Waals surface area contributed by atoms with Gasteiger partial charge in [0.1, 0.15) is 30.0 Å². The van der Waals surface area contributed by atoms with Crippen LogP contribution in [-0.2, 0) is 18.6 Å². The fourth-order valence-electron chi connectivity index (χ4n) is 4.86. The lowest BCUT2D eigenvalue weighted by Gasteiger charge is -2.35. The summed E-state index contributed by atoms with van der Waals surface area (Å²) in [6, 6.07) is 1.33. The number of H-pyrrole nitrogens is 1. The zero-order chi connectivity index (χ0) is 27.4. The highest BCUT2D eigenvalue weighted by atomic mass is 31.2. The summed E-state index contributed by atoms with van der Waals surface area (Å²) >= 11 is 0. The molecule has 0 radical (unpaired) electrons. The number of hydrogen-bond acceptors (Lipinski definition) is 13. The van der Waals surface area contributed by atoms with Crippen LogP contribution in [0.2, 0.25) is 0 Å². The van der Waals surface area contributed by atoms with Crippen molar-refractivity contribution in [1.82, 2.24) is 29.1 Å². The molecule has 0 saturated carbocycles. The minimum Gasteiger partial charge on any atom is -0.393 e. The summed E-state index contributed by atoms with van der Waals surface area (Å²) in [6.07, 6.45) is -3.51. The molecule has 2 saturated heterocycles. The normalized spacial score (nSPS) is 29.8. The van der Waals surface area contributed by atoms with E-state index >= 15 is 0 Å². The summed E-state index contributed by atoms with van der Waals surface area (Å²) in [7, 11) is -5.08. The van der Waals surface area contributed by atoms with Crippen LogP contribution in [0, 0.1) is 0 Å². The molecule has 0 aromatic carbocycles. The number of fused-ring (bicyclic) bond motifs is 1. The van der Waals surface area contributed by atoms with Gasteiger partial charge in [-0.3, -0.25) is 23.4 Å². The van der Waals surface area contributed by atoms with Crippen LogP contribution in [0.3, 0.4) is 0 Å². The van der Waals surface area contributed by atoms with Crippen LogP contribution in [-0.4, -0.2) is 79.6 Å². The van der Waals surface area contributed by atoms with Gasteiger partial charge in [-0.05, 0) is 6.07 Å². The molecule has 6 atom stereocenters. The molecule has 2 fully saturated rings. The van der Waals surface area contributed by atoms with Gasteiger partial charge in [-0.25, -0.2) is 14.3 Å². The van der Waals surface area contributed by atoms with Gasteiger partial charge in [0.25, 0.3) is 5.56 Å². The van der Waals surface area contributed by atoms with Crippen LogP contribution in [0.4, 0.5) is 11.8 Å². The Morgan fingerprint density at radius 2 is 1.97 bits per heavy atom. The van der Waals surface area contributed by atoms with Crippen LogP contribution >= 0.6 is 7.82 Å². The lowest BCUT2D eigenvalue weighted by molar-refractivity contribution is -0.157. The van der Waals surface area contributed by atoms with E-state index in [1.807, 2.05) is 0 Å². The number of aliphatic hydroxyl groups excluding tert-OH is 2. The van der Waals surface area contributed by atoms with Crippen molar-refractivity contribution in [3.63, 3.8) is 0 Å². The van der Waals surface area contributed by atoms with Gasteiger partial charge in [-0.1, -0.05) is 0 Å². The highest BCUT2D eigenvalue weighted by molar-refractivity contribution is 7.46. The Morgan fingerprint density at radius 1 is 1.21 bits per heavy atom. The van der Waals surface area contributed by atoms with Gasteiger partial charge in [-0.15, -0.1) is 0 Å². The third-order valence-electron chi connectivity index (χ3n) is 6.58. The van der Waals surface area contributed by atoms with E-state index in [-0.39, 0.29) is 42.2 Å². The number of phosphoric ester groups is 1. The third-order valence-corrected chi connectivity index (χ3v) is 7.11. The molecule has 38 heavy (non-hydrogen) atoms. The van der Waals surface area contributed by atoms with E-state index in [9.17, 15) is 34.2 Å². The summed E-state index contributed by atoms with van der Waals surface area (Å²) in [4.78, 5) is 57.5. The molecule has 0 amide bonds. The molecule has 3 aromatic heterocycles. The summed E-state index contributed by atoms with van der Waals surface area (Å²) < 4.78 is 31.1. The van der Waals surface area contributed by atoms with E-state index in [2.05, 4.69) is 19.9 Å². The van der Waals surface area contributed by atoms with Gasteiger partial charge < -0.3 is 40.9 Å². The molecule has 9 N–H and O–H groups in total. The van der Waals surface area contributed by atoms with Crippen molar-refractivity contribution in [3.05, 3.63) is 39.4 Å². The average molecular weight is 556 g/mol. The van der Waals surface area contributed by atoms with Crippen molar-refractivity contribution >= 4 is 30.8 Å². The number of anilines is 2. The lowest BCUT2D eigenvalue weighted by Crippen LogP contribution is -2.48. The Morgan fingerprint density at radius 3 is 2.66 bits per heavy atom. The zero-order valence-corrected chi connectivity index (χ0v) is 20.4. The van der Waals surface area contributed by atoms with E-state index in [1.54, 1.807) is 0 Å². The fraction of sp³-hybridized carbons (Fsp3) is 0.526. The second-order valence-electron chi connectivity index (χ2n) is 9.07. The Bertz CT molecular complexity index is 1520. The number of hydrogen-bond donors (Lipinski definition) is 7. The maximum absolute atomic E-state index is 12.4. The van der Waals surface area contributed by atoms with E-state index < -0.39 is 62.0 Å². The molecule has 2 aliphatic heterocycles. The van der Waals surface area contributed by atoms with Crippen molar-refractivity contribution in [2.24, 2.45) is 0 Å². The smallest absolute Gasteiger partial charge is 0.393 e. The highest BCUT2D eigenvalue weighted by Crippen LogP contribution is 2.50. The molecule has 206 valence electrons. The lowest BCUT2D eigenvalue weighted by atomic mass is 9.89. The fourth-order valence-corrected chi connectivity index (χ4v) is 5.47. The van der Waals surface area contributed by atoms with Gasteiger partial charge >= 0.3 is 13.5 Å². The SMILES string of the molecule is Nc1ccn([C@H]2CC(OP(=O)(O)O)[C@](CO)(C[C@H]3OC(n4cnc5c(=O)[nH]c(N)nc54)C[C@@H]3O)O2)c(=O)n1. The third kappa shape index (κ3) is 4.83. The van der Waals surface area contributed by atoms with Crippen LogP contribution in [0.5, 0.6) is 0 Å². The quantitative estimate of drug-likeness (QED) is 0.151. The number of aromatic amines is 1. The maximum atomic E-state index is 12.4. The first-order valence-electron chi connectivity index (χ1n) is 11.3. The number of imidazole rings is 1. The maximum Gasteiger partial charge on any atom is 0.469 e. The molecule has 0 bridgehead atoms. The molecule has 2 unspecified atom stereocenters. The summed E-state index contributed by atoms with van der Waals surface area (Å²) in [5.41, 5.74) is 8.15. The van der Waals surface area contributed by atoms with Gasteiger partial charge in [0, 0.05) is 25.5 Å². The van der Waals surface area contributed by atoms with Crippen LogP contribution in [0.15, 0.2) is 28.2 Å². The van der Waals surface area contributed by atoms with Crippen molar-refractivity contribution in [2.45, 2.75) is 55.6 Å². The predicted octanol–water partition coefficient (Wildman–Crippen LogP) is -2.29. The monoisotopic (exact) mass is 556 g/mol. The number of phosphoric acid groups is 1. The van der Waals surface area contributed by atoms with E-state index in [1.165, 1.54) is 23.2 Å². The number of nitrogens with two attached hydrogens (primary N) is 2. The minimum absolute atomic E-state index is 0.00666. The predicted molar refractivity (Wildman–Crippen MR) is 126 cm³/mol. The molecule has 18 nitrogen and oxygen atoms in total. The van der Waals surface area contributed by atoms with Crippen molar-refractivity contribution in [2.75, 3.05) is 18.1 Å². The Kier molecular flexibility index (Phi) is 6.60. The van der Waals surface area contributed by atoms with E-state index in [0.717, 1.165) is 4.57 Å². The molecule has 0 aliphatic carbocycles. The van der Waals surface area contributed by atoms with Crippen LogP contribution in [0.1, 0.15) is 31.7 Å². The number of aromatic nitrogens is 6. The zero-order valence-electron chi connectivity index (χ0n) is 19.5. The number of nitrogen functional groups attached to an aromatic ring is 2. The van der Waals surface area contributed by atoms with Gasteiger partial charge in [0.05, 0.1) is 25.1 Å². The van der Waals surface area contributed by atoms with E-state index in [4.69, 9.17) is 25.5 Å². The molecule has 5 rings (SSSR count). The second kappa shape index (κ2) is 9.51. The minimum atomic E-state index is -5.08. The Labute approximate surface area is 212 Å². The summed E-state index contributed by atoms with van der Waals surface area (Å²) in [5, 5.41) is 21.2. The van der Waals surface area contributed by atoms with Crippen molar-refractivity contribution in [1.29, 1.82) is 0 Å². The van der Waals surface area contributed by atoms with Gasteiger partial charge in [-0.2, -0.15) is 9.97 Å². The molecule has 3 aromatic rings. The van der Waals surface area contributed by atoms with Crippen LogP contribution in [0.25, 0.3) is 11.2 Å². The standard InChI is InChI=1S/C19H25N8O10P/c20-11-1-2-26(18(31)23-11)13-4-10(37-38(32,33)34)19(6-28,36-13)5-9-8(29)3-12(35-9)27-7-22-14-15(27)24-17(21)25-16(14)30/h1-2,7-10,12-13,28-29H,3-6H2,(H2,20,23,31)(H2,32,33,34)(H3,21,24,25,30)/t8-,9+,10?,12?,13+,19+/m0/s1. The molecule has 2 aliphatic rings. The van der Waals surface area contributed by atoms with Crippen molar-refractivity contribution in [3.8, 4) is 0 Å². The van der Waals surface area contributed by atoms with Gasteiger partial charge in [0.2, 0.25) is 5.95 Å². The molecular weight excluding hydrogens is 531 g/mol. The molecule has 0 spiro atoms. The van der Waals surface area contributed by atoms with Crippen molar-refractivity contribution < 1.29 is 38.6 Å². The second-order valence-corrected chi connectivity index (χ2v) is 10.3. The topological polar surface area (TPSA) is 276 Å². The molecule has 19 heteroatoms. The number of aliphatic hydroxyl groups is 2. The van der Waals surface area contributed by atoms with E-state index in [0.29, 0.717) is 0 Å².